The molecule has 2 amide bonds. The van der Waals surface area contributed by atoms with E-state index in [1.54, 1.807) is 28.9 Å². The molecule has 2 aromatic carbocycles. The third kappa shape index (κ3) is 5.44. The quantitative estimate of drug-likeness (QED) is 0.472. The van der Waals surface area contributed by atoms with Crippen LogP contribution in [0.15, 0.2) is 48.7 Å². The van der Waals surface area contributed by atoms with Crippen LogP contribution in [0.1, 0.15) is 39.8 Å². The fraction of sp³-hybridized carbons (Fsp3) is 0.227. The predicted molar refractivity (Wildman–Crippen MR) is 123 cm³/mol. The molecule has 0 aliphatic carbocycles. The first-order valence-corrected chi connectivity index (χ1v) is 10.6. The van der Waals surface area contributed by atoms with E-state index < -0.39 is 0 Å². The number of amides is 2. The average Bonchev–Trinajstić information content (AvgIpc) is 3.18. The molecule has 7 nitrogen and oxygen atoms in total. The Labute approximate surface area is 190 Å². The SMILES string of the molecule is CCCc1c(C(=O)Nc2cc(C(=O)NCCN)ccc2Cl)cnn1-c1ccc(Cl)cc1. The number of hydrogen-bond acceptors (Lipinski definition) is 4. The standard InChI is InChI=1S/C22H23Cl2N5O2/c1-2-3-20-17(13-27-29(20)16-7-5-15(23)6-8-16)22(31)28-19-12-14(4-9-18(19)24)21(30)26-11-10-25/h4-9,12-13H,2-3,10-11,25H2,1H3,(H,26,30)(H,28,31). The Bertz CT molecular complexity index is 1080. The number of benzene rings is 2. The van der Waals surface area contributed by atoms with Crippen LogP contribution in [-0.2, 0) is 6.42 Å². The molecule has 31 heavy (non-hydrogen) atoms. The molecule has 0 spiro atoms. The summed E-state index contributed by atoms with van der Waals surface area (Å²) in [4.78, 5) is 25.3. The van der Waals surface area contributed by atoms with Gasteiger partial charge in [0.25, 0.3) is 11.8 Å². The number of carbonyl (C=O) groups is 2. The van der Waals surface area contributed by atoms with Gasteiger partial charge in [0.05, 0.1) is 33.9 Å². The van der Waals surface area contributed by atoms with Gasteiger partial charge in [-0.05, 0) is 48.9 Å². The van der Waals surface area contributed by atoms with Crippen molar-refractivity contribution in [1.82, 2.24) is 15.1 Å². The summed E-state index contributed by atoms with van der Waals surface area (Å²) < 4.78 is 1.73. The number of aromatic nitrogens is 2. The molecule has 0 aliphatic rings. The van der Waals surface area contributed by atoms with Crippen molar-refractivity contribution >= 4 is 40.7 Å². The second-order valence-electron chi connectivity index (χ2n) is 6.84. The van der Waals surface area contributed by atoms with Crippen LogP contribution in [0.3, 0.4) is 0 Å². The number of hydrogen-bond donors (Lipinski definition) is 3. The van der Waals surface area contributed by atoms with Crippen molar-refractivity contribution in [3.63, 3.8) is 0 Å². The monoisotopic (exact) mass is 459 g/mol. The lowest BCUT2D eigenvalue weighted by atomic mass is 10.1. The summed E-state index contributed by atoms with van der Waals surface area (Å²) in [5, 5.41) is 10.8. The van der Waals surface area contributed by atoms with Gasteiger partial charge >= 0.3 is 0 Å². The number of nitrogens with one attached hydrogen (secondary N) is 2. The molecule has 0 unspecified atom stereocenters. The highest BCUT2D eigenvalue weighted by molar-refractivity contribution is 6.34. The highest BCUT2D eigenvalue weighted by Gasteiger charge is 2.19. The molecule has 0 bridgehead atoms. The molecule has 0 aliphatic heterocycles. The summed E-state index contributed by atoms with van der Waals surface area (Å²) in [6, 6.07) is 11.9. The Morgan fingerprint density at radius 3 is 2.52 bits per heavy atom. The molecule has 3 aromatic rings. The Morgan fingerprint density at radius 2 is 1.84 bits per heavy atom. The van der Waals surface area contributed by atoms with Gasteiger partial charge in [-0.15, -0.1) is 0 Å². The largest absolute Gasteiger partial charge is 0.351 e. The van der Waals surface area contributed by atoms with Crippen molar-refractivity contribution in [2.75, 3.05) is 18.4 Å². The van der Waals surface area contributed by atoms with E-state index in [4.69, 9.17) is 28.9 Å². The number of nitrogens with zero attached hydrogens (tertiary/aromatic N) is 2. The summed E-state index contributed by atoms with van der Waals surface area (Å²) in [6.45, 7) is 2.72. The first-order valence-electron chi connectivity index (χ1n) is 9.86. The van der Waals surface area contributed by atoms with E-state index in [0.717, 1.165) is 17.8 Å². The van der Waals surface area contributed by atoms with Gasteiger partial charge in [0.1, 0.15) is 0 Å². The van der Waals surface area contributed by atoms with Crippen LogP contribution in [0.4, 0.5) is 5.69 Å². The molecule has 1 aromatic heterocycles. The zero-order chi connectivity index (χ0) is 22.4. The minimum atomic E-state index is -0.356. The second kappa shape index (κ2) is 10.4. The van der Waals surface area contributed by atoms with Gasteiger partial charge < -0.3 is 16.4 Å². The minimum absolute atomic E-state index is 0.292. The fourth-order valence-corrected chi connectivity index (χ4v) is 3.38. The minimum Gasteiger partial charge on any atom is -0.351 e. The number of carbonyl (C=O) groups excluding carboxylic acids is 2. The molecule has 0 atom stereocenters. The summed E-state index contributed by atoms with van der Waals surface area (Å²) in [5.41, 5.74) is 8.16. The maximum absolute atomic E-state index is 13.1. The Balaban J connectivity index is 1.88. The molecule has 1 heterocycles. The van der Waals surface area contributed by atoms with Gasteiger partial charge in [-0.2, -0.15) is 5.10 Å². The van der Waals surface area contributed by atoms with Crippen LogP contribution in [0.5, 0.6) is 0 Å². The van der Waals surface area contributed by atoms with Crippen molar-refractivity contribution in [2.24, 2.45) is 5.73 Å². The lowest BCUT2D eigenvalue weighted by molar-refractivity contribution is 0.0953. The van der Waals surface area contributed by atoms with E-state index in [-0.39, 0.29) is 11.8 Å². The zero-order valence-electron chi connectivity index (χ0n) is 17.0. The second-order valence-corrected chi connectivity index (χ2v) is 7.68. The smallest absolute Gasteiger partial charge is 0.259 e. The van der Waals surface area contributed by atoms with Crippen molar-refractivity contribution in [3.8, 4) is 5.69 Å². The Morgan fingerprint density at radius 1 is 1.10 bits per heavy atom. The van der Waals surface area contributed by atoms with Gasteiger partial charge in [-0.3, -0.25) is 9.59 Å². The molecule has 0 saturated carbocycles. The molecule has 0 radical (unpaired) electrons. The van der Waals surface area contributed by atoms with Crippen LogP contribution in [0.2, 0.25) is 10.0 Å². The van der Waals surface area contributed by atoms with E-state index >= 15 is 0 Å². The summed E-state index contributed by atoms with van der Waals surface area (Å²) in [7, 11) is 0. The molecule has 162 valence electrons. The van der Waals surface area contributed by atoms with Crippen LogP contribution in [0, 0.1) is 0 Å². The highest BCUT2D eigenvalue weighted by atomic mass is 35.5. The van der Waals surface area contributed by atoms with Gasteiger partial charge in [0, 0.05) is 23.7 Å². The average molecular weight is 460 g/mol. The van der Waals surface area contributed by atoms with E-state index in [1.807, 2.05) is 19.1 Å². The summed E-state index contributed by atoms with van der Waals surface area (Å²) in [6.07, 6.45) is 3.01. The van der Waals surface area contributed by atoms with E-state index in [2.05, 4.69) is 15.7 Å². The zero-order valence-corrected chi connectivity index (χ0v) is 18.5. The first kappa shape index (κ1) is 22.8. The van der Waals surface area contributed by atoms with Crippen LogP contribution in [0.25, 0.3) is 5.69 Å². The van der Waals surface area contributed by atoms with Crippen molar-refractivity contribution in [3.05, 3.63) is 75.5 Å². The van der Waals surface area contributed by atoms with Crippen LogP contribution >= 0.6 is 23.2 Å². The number of anilines is 1. The van der Waals surface area contributed by atoms with Gasteiger partial charge in [0.2, 0.25) is 0 Å². The summed E-state index contributed by atoms with van der Waals surface area (Å²) in [5.74, 6) is -0.648. The maximum Gasteiger partial charge on any atom is 0.259 e. The first-order chi connectivity index (χ1) is 14.9. The van der Waals surface area contributed by atoms with Crippen molar-refractivity contribution in [1.29, 1.82) is 0 Å². The number of halogens is 2. The van der Waals surface area contributed by atoms with E-state index in [0.29, 0.717) is 46.4 Å². The lowest BCUT2D eigenvalue weighted by Gasteiger charge is -2.11. The van der Waals surface area contributed by atoms with Crippen molar-refractivity contribution < 1.29 is 9.59 Å². The predicted octanol–water partition coefficient (Wildman–Crippen LogP) is 4.07. The summed E-state index contributed by atoms with van der Waals surface area (Å²) >= 11 is 12.2. The number of nitrogens with two attached hydrogens (primary N) is 1. The van der Waals surface area contributed by atoms with Crippen LogP contribution in [-0.4, -0.2) is 34.7 Å². The molecule has 3 rings (SSSR count). The topological polar surface area (TPSA) is 102 Å². The Hall–Kier alpha value is -2.87. The van der Waals surface area contributed by atoms with Gasteiger partial charge in [-0.25, -0.2) is 4.68 Å². The lowest BCUT2D eigenvalue weighted by Crippen LogP contribution is -2.29. The molecular formula is C22H23Cl2N5O2. The maximum atomic E-state index is 13.1. The van der Waals surface area contributed by atoms with Crippen LogP contribution < -0.4 is 16.4 Å². The molecular weight excluding hydrogens is 437 g/mol. The molecule has 4 N–H and O–H groups in total. The van der Waals surface area contributed by atoms with Gasteiger partial charge in [-0.1, -0.05) is 36.5 Å². The number of rotatable bonds is 8. The van der Waals surface area contributed by atoms with Crippen molar-refractivity contribution in [2.45, 2.75) is 19.8 Å². The van der Waals surface area contributed by atoms with E-state index in [9.17, 15) is 9.59 Å². The third-order valence-electron chi connectivity index (χ3n) is 4.58. The molecule has 0 fully saturated rings. The molecule has 9 heteroatoms. The van der Waals surface area contributed by atoms with Gasteiger partial charge in [0.15, 0.2) is 0 Å². The third-order valence-corrected chi connectivity index (χ3v) is 5.16. The molecule has 0 saturated heterocycles. The Kier molecular flexibility index (Phi) is 7.68. The fourth-order valence-electron chi connectivity index (χ4n) is 3.09. The van der Waals surface area contributed by atoms with E-state index in [1.165, 1.54) is 12.3 Å². The highest BCUT2D eigenvalue weighted by Crippen LogP contribution is 2.25. The normalized spacial score (nSPS) is 10.7.